The molecule has 1 aromatic carbocycles. The Labute approximate surface area is 160 Å². The number of aromatic nitrogens is 2. The van der Waals surface area contributed by atoms with Crippen LogP contribution in [0, 0.1) is 6.92 Å². The van der Waals surface area contributed by atoms with Crippen molar-refractivity contribution in [3.8, 4) is 11.8 Å². The number of benzene rings is 1. The molecule has 0 aliphatic carbocycles. The fraction of sp³-hybridized carbons (Fsp3) is 0.200. The third-order valence-electron chi connectivity index (χ3n) is 2.94. The molecule has 0 saturated heterocycles. The van der Waals surface area contributed by atoms with Crippen LogP contribution >= 0.6 is 0 Å². The molecular formula is C15H14N3NaO5. The average molecular weight is 339 g/mol. The molecule has 1 aromatic heterocycles. The second-order valence-corrected chi connectivity index (χ2v) is 4.57. The van der Waals surface area contributed by atoms with Gasteiger partial charge in [0.2, 0.25) is 17.6 Å². The quantitative estimate of drug-likeness (QED) is 0.595. The van der Waals surface area contributed by atoms with Crippen LogP contribution in [0.4, 0.5) is 5.69 Å². The van der Waals surface area contributed by atoms with Gasteiger partial charge in [0.1, 0.15) is 0 Å². The molecule has 8 nitrogen and oxygen atoms in total. The van der Waals surface area contributed by atoms with E-state index in [1.165, 1.54) is 32.4 Å². The fourth-order valence-electron chi connectivity index (χ4n) is 1.83. The van der Waals surface area contributed by atoms with Gasteiger partial charge in [-0.25, -0.2) is 0 Å². The van der Waals surface area contributed by atoms with Crippen molar-refractivity contribution >= 4 is 17.6 Å². The monoisotopic (exact) mass is 339 g/mol. The number of nitrogens with zero attached hydrogens (tertiary/aromatic N) is 2. The first-order valence-corrected chi connectivity index (χ1v) is 6.55. The largest absolute Gasteiger partial charge is 1.00 e. The summed E-state index contributed by atoms with van der Waals surface area (Å²) in [5.74, 6) is -2.02. The van der Waals surface area contributed by atoms with Crippen molar-refractivity contribution < 1.29 is 53.7 Å². The standard InChI is InChI=1S/C15H15N3O5.Na/c1-8-4-5-10(9(6-8)15(20)21)16-14(19)13-17-11(22-2)7-12(18-13)23-3;/h4-7H,1-3H3,(H,16,19)(H,20,21);/q;+1/p-1. The zero-order valence-corrected chi connectivity index (χ0v) is 15.7. The summed E-state index contributed by atoms with van der Waals surface area (Å²) in [6.45, 7) is 1.73. The van der Waals surface area contributed by atoms with Crippen LogP contribution in [0.1, 0.15) is 26.5 Å². The van der Waals surface area contributed by atoms with Gasteiger partial charge >= 0.3 is 29.6 Å². The number of rotatable bonds is 5. The molecule has 24 heavy (non-hydrogen) atoms. The molecule has 0 aliphatic rings. The normalized spacial score (nSPS) is 9.62. The van der Waals surface area contributed by atoms with Crippen molar-refractivity contribution in [2.75, 3.05) is 19.5 Å². The predicted molar refractivity (Wildman–Crippen MR) is 78.6 cm³/mol. The number of anilines is 1. The number of amides is 1. The molecule has 2 aromatic rings. The number of hydrogen-bond acceptors (Lipinski definition) is 7. The first-order valence-electron chi connectivity index (χ1n) is 6.55. The third-order valence-corrected chi connectivity index (χ3v) is 2.94. The van der Waals surface area contributed by atoms with Gasteiger partial charge < -0.3 is 24.7 Å². The van der Waals surface area contributed by atoms with E-state index in [2.05, 4.69) is 15.3 Å². The van der Waals surface area contributed by atoms with E-state index in [1.54, 1.807) is 13.0 Å². The van der Waals surface area contributed by atoms with Gasteiger partial charge in [-0.2, -0.15) is 9.97 Å². The van der Waals surface area contributed by atoms with Crippen LogP contribution in [0.3, 0.4) is 0 Å². The molecule has 0 spiro atoms. The molecule has 2 rings (SSSR count). The van der Waals surface area contributed by atoms with E-state index < -0.39 is 11.9 Å². The maximum absolute atomic E-state index is 12.2. The van der Waals surface area contributed by atoms with E-state index in [1.807, 2.05) is 0 Å². The van der Waals surface area contributed by atoms with Crippen molar-refractivity contribution in [2.45, 2.75) is 6.92 Å². The summed E-state index contributed by atoms with van der Waals surface area (Å²) in [7, 11) is 2.77. The molecule has 1 heterocycles. The molecule has 0 saturated carbocycles. The Morgan fingerprint density at radius 3 is 2.17 bits per heavy atom. The number of nitrogens with one attached hydrogen (secondary N) is 1. The van der Waals surface area contributed by atoms with E-state index in [0.29, 0.717) is 0 Å². The van der Waals surface area contributed by atoms with Gasteiger partial charge in [-0.05, 0) is 19.1 Å². The van der Waals surface area contributed by atoms with Crippen LogP contribution < -0.4 is 49.5 Å². The number of carboxylic acid groups (broad SMARTS) is 1. The number of hydrogen-bond donors (Lipinski definition) is 1. The SMILES string of the molecule is COc1cc(OC)nc(C(=O)Nc2ccc(C)cc2C(=O)[O-])n1.[Na+]. The topological polar surface area (TPSA) is 113 Å². The van der Waals surface area contributed by atoms with Crippen molar-refractivity contribution in [3.05, 3.63) is 41.2 Å². The average Bonchev–Trinajstić information content (AvgIpc) is 2.55. The Hall–Kier alpha value is -2.16. The summed E-state index contributed by atoms with van der Waals surface area (Å²) in [5.41, 5.74) is 0.681. The van der Waals surface area contributed by atoms with Crippen LogP contribution in [0.15, 0.2) is 24.3 Å². The van der Waals surface area contributed by atoms with Gasteiger partial charge in [0.15, 0.2) is 0 Å². The first-order chi connectivity index (χ1) is 10.9. The minimum atomic E-state index is -1.40. The van der Waals surface area contributed by atoms with Gasteiger partial charge in [-0.1, -0.05) is 11.6 Å². The van der Waals surface area contributed by atoms with E-state index in [9.17, 15) is 14.7 Å². The van der Waals surface area contributed by atoms with Gasteiger partial charge in [0.25, 0.3) is 5.91 Å². The van der Waals surface area contributed by atoms with Crippen LogP contribution in [-0.4, -0.2) is 36.1 Å². The minimum absolute atomic E-state index is 0. The summed E-state index contributed by atoms with van der Waals surface area (Å²) in [4.78, 5) is 31.2. The summed E-state index contributed by atoms with van der Waals surface area (Å²) in [6, 6.07) is 5.94. The molecule has 9 heteroatoms. The number of carboxylic acids is 1. The number of ether oxygens (including phenoxy) is 2. The van der Waals surface area contributed by atoms with Crippen molar-refractivity contribution in [1.82, 2.24) is 9.97 Å². The zero-order chi connectivity index (χ0) is 17.0. The Morgan fingerprint density at radius 2 is 1.67 bits per heavy atom. The zero-order valence-electron chi connectivity index (χ0n) is 13.7. The molecule has 0 fully saturated rings. The van der Waals surface area contributed by atoms with Gasteiger partial charge in [0, 0.05) is 5.56 Å². The second-order valence-electron chi connectivity index (χ2n) is 4.57. The summed E-state index contributed by atoms with van der Waals surface area (Å²) >= 11 is 0. The summed E-state index contributed by atoms with van der Waals surface area (Å²) in [5, 5.41) is 13.6. The molecule has 0 aliphatic heterocycles. The molecule has 0 unspecified atom stereocenters. The van der Waals surface area contributed by atoms with Gasteiger partial charge in [0.05, 0.1) is 31.9 Å². The van der Waals surface area contributed by atoms with Crippen LogP contribution in [0.2, 0.25) is 0 Å². The molecule has 1 N–H and O–H groups in total. The van der Waals surface area contributed by atoms with Crippen molar-refractivity contribution in [2.24, 2.45) is 0 Å². The molecule has 0 bridgehead atoms. The van der Waals surface area contributed by atoms with E-state index in [-0.39, 0.29) is 58.4 Å². The van der Waals surface area contributed by atoms with E-state index in [0.717, 1.165) is 5.56 Å². The minimum Gasteiger partial charge on any atom is -0.545 e. The maximum atomic E-state index is 12.2. The Balaban J connectivity index is 0.00000288. The fourth-order valence-corrected chi connectivity index (χ4v) is 1.83. The first kappa shape index (κ1) is 19.9. The van der Waals surface area contributed by atoms with Crippen molar-refractivity contribution in [1.29, 1.82) is 0 Å². The number of carbonyl (C=O) groups is 2. The van der Waals surface area contributed by atoms with E-state index >= 15 is 0 Å². The number of carbonyl (C=O) groups excluding carboxylic acids is 2. The smallest absolute Gasteiger partial charge is 0.545 e. The maximum Gasteiger partial charge on any atom is 1.00 e. The molecule has 1 amide bonds. The predicted octanol–water partition coefficient (Wildman–Crippen LogP) is -2.58. The molecule has 0 atom stereocenters. The Morgan fingerprint density at radius 1 is 1.08 bits per heavy atom. The molecular weight excluding hydrogens is 325 g/mol. The molecule has 120 valence electrons. The van der Waals surface area contributed by atoms with Crippen molar-refractivity contribution in [3.63, 3.8) is 0 Å². The molecule has 0 radical (unpaired) electrons. The van der Waals surface area contributed by atoms with Gasteiger partial charge in [-0.15, -0.1) is 0 Å². The summed E-state index contributed by atoms with van der Waals surface area (Å²) < 4.78 is 9.92. The third kappa shape index (κ3) is 4.67. The Bertz CT molecular complexity index is 745. The van der Waals surface area contributed by atoms with Gasteiger partial charge in [-0.3, -0.25) is 4.79 Å². The number of aromatic carboxylic acids is 1. The number of methoxy groups -OCH3 is 2. The number of aryl methyl sites for hydroxylation is 1. The van der Waals surface area contributed by atoms with Crippen LogP contribution in [-0.2, 0) is 0 Å². The van der Waals surface area contributed by atoms with Crippen LogP contribution in [0.25, 0.3) is 0 Å². The summed E-state index contributed by atoms with van der Waals surface area (Å²) in [6.07, 6.45) is 0. The Kier molecular flexibility index (Phi) is 7.15. The second kappa shape index (κ2) is 8.62. The van der Waals surface area contributed by atoms with Crippen LogP contribution in [0.5, 0.6) is 11.8 Å². The van der Waals surface area contributed by atoms with E-state index in [4.69, 9.17) is 9.47 Å².